The van der Waals surface area contributed by atoms with Crippen LogP contribution in [0.3, 0.4) is 0 Å². The van der Waals surface area contributed by atoms with E-state index in [0.29, 0.717) is 0 Å². The maximum Gasteiger partial charge on any atom is -0.00258 e. The van der Waals surface area contributed by atoms with Crippen LogP contribution in [0.5, 0.6) is 0 Å². The van der Waals surface area contributed by atoms with Gasteiger partial charge in [-0.05, 0) is 17.6 Å². The van der Waals surface area contributed by atoms with Crippen LogP contribution >= 0.6 is 0 Å². The van der Waals surface area contributed by atoms with E-state index in [1.807, 2.05) is 6.08 Å². The summed E-state index contributed by atoms with van der Waals surface area (Å²) < 4.78 is 0. The van der Waals surface area contributed by atoms with Crippen molar-refractivity contribution in [3.63, 3.8) is 0 Å². The third-order valence-corrected chi connectivity index (χ3v) is 2.32. The van der Waals surface area contributed by atoms with Crippen LogP contribution in [0.2, 0.25) is 0 Å². The predicted molar refractivity (Wildman–Crippen MR) is 65.6 cm³/mol. The van der Waals surface area contributed by atoms with Gasteiger partial charge in [-0.2, -0.15) is 0 Å². The zero-order chi connectivity index (χ0) is 10.3. The summed E-state index contributed by atoms with van der Waals surface area (Å²) in [4.78, 5) is 0. The molecule has 0 bridgehead atoms. The first kappa shape index (κ1) is 9.72. The molecule has 2 rings (SSSR count). The molecule has 0 amide bonds. The van der Waals surface area contributed by atoms with Gasteiger partial charge in [0.1, 0.15) is 0 Å². The zero-order valence-electron chi connectivity index (χ0n) is 8.64. The first-order valence-corrected chi connectivity index (χ1v) is 5.20. The van der Waals surface area contributed by atoms with E-state index in [2.05, 4.69) is 66.8 Å². The van der Waals surface area contributed by atoms with E-state index in [-0.39, 0.29) is 0 Å². The molecule has 0 atom stereocenters. The van der Waals surface area contributed by atoms with Gasteiger partial charge in [-0.3, -0.25) is 0 Å². The SMILES string of the molecule is C1=CC=CC(Cc2ccccc2)=CC=C1. The molecule has 0 heteroatoms. The van der Waals surface area contributed by atoms with Gasteiger partial charge < -0.3 is 0 Å². The second-order valence-corrected chi connectivity index (χ2v) is 3.53. The largest absolute Gasteiger partial charge is 0.0623 e. The molecule has 1 aliphatic carbocycles. The minimum atomic E-state index is 0.996. The highest BCUT2D eigenvalue weighted by atomic mass is 14.0. The minimum Gasteiger partial charge on any atom is -0.0623 e. The van der Waals surface area contributed by atoms with Crippen molar-refractivity contribution in [2.24, 2.45) is 0 Å². The van der Waals surface area contributed by atoms with Crippen LogP contribution in [0.4, 0.5) is 0 Å². The number of hydrogen-bond acceptors (Lipinski definition) is 0. The van der Waals surface area contributed by atoms with Crippen molar-refractivity contribution < 1.29 is 0 Å². The van der Waals surface area contributed by atoms with Crippen LogP contribution in [0, 0.1) is 0 Å². The molecule has 0 radical (unpaired) electrons. The van der Waals surface area contributed by atoms with Gasteiger partial charge in [-0.1, -0.05) is 72.9 Å². The lowest BCUT2D eigenvalue weighted by atomic mass is 10.0. The molecule has 1 aliphatic rings. The van der Waals surface area contributed by atoms with Crippen LogP contribution in [-0.4, -0.2) is 0 Å². The molecule has 0 spiro atoms. The zero-order valence-corrected chi connectivity index (χ0v) is 8.64. The molecule has 0 aliphatic heterocycles. The van der Waals surface area contributed by atoms with Gasteiger partial charge in [0.25, 0.3) is 0 Å². The maximum absolute atomic E-state index is 2.16. The second kappa shape index (κ2) is 5.16. The van der Waals surface area contributed by atoms with Crippen LogP contribution < -0.4 is 0 Å². The fourth-order valence-corrected chi connectivity index (χ4v) is 1.56. The Morgan fingerprint density at radius 1 is 0.733 bits per heavy atom. The van der Waals surface area contributed by atoms with Gasteiger partial charge in [0.15, 0.2) is 0 Å². The summed E-state index contributed by atoms with van der Waals surface area (Å²) in [6.07, 6.45) is 15.6. The second-order valence-electron chi connectivity index (χ2n) is 3.53. The van der Waals surface area contributed by atoms with Gasteiger partial charge in [-0.15, -0.1) is 0 Å². The van der Waals surface area contributed by atoms with Crippen LogP contribution in [-0.2, 0) is 6.42 Å². The standard InChI is InChI=1S/C15H14/c1-2-5-9-14(10-6-3-1)13-15-11-7-4-8-12-15/h1-12H,13H2. The molecule has 0 heterocycles. The Morgan fingerprint density at radius 2 is 1.47 bits per heavy atom. The normalized spacial score (nSPS) is 14.5. The molecule has 0 fully saturated rings. The van der Waals surface area contributed by atoms with Crippen molar-refractivity contribution in [2.75, 3.05) is 0 Å². The highest BCUT2D eigenvalue weighted by molar-refractivity contribution is 5.34. The highest BCUT2D eigenvalue weighted by Gasteiger charge is 1.94. The van der Waals surface area contributed by atoms with Gasteiger partial charge in [0.2, 0.25) is 0 Å². The summed E-state index contributed by atoms with van der Waals surface area (Å²) in [5.41, 5.74) is 2.69. The van der Waals surface area contributed by atoms with E-state index in [1.54, 1.807) is 0 Å². The molecule has 0 saturated heterocycles. The smallest absolute Gasteiger partial charge is 0.00258 e. The van der Waals surface area contributed by atoms with Crippen LogP contribution in [0.1, 0.15) is 5.56 Å². The topological polar surface area (TPSA) is 0 Å². The molecular weight excluding hydrogens is 180 g/mol. The summed E-state index contributed by atoms with van der Waals surface area (Å²) in [6.45, 7) is 0. The van der Waals surface area contributed by atoms with Crippen molar-refractivity contribution in [1.29, 1.82) is 0 Å². The Morgan fingerprint density at radius 3 is 2.33 bits per heavy atom. The monoisotopic (exact) mass is 194 g/mol. The Bertz CT molecular complexity index is 417. The van der Waals surface area contributed by atoms with Gasteiger partial charge in [0.05, 0.1) is 0 Å². The fraction of sp³-hybridized carbons (Fsp3) is 0.0667. The average Bonchev–Trinajstić information content (AvgIpc) is 2.23. The summed E-state index contributed by atoms with van der Waals surface area (Å²) in [5.74, 6) is 0. The third-order valence-electron chi connectivity index (χ3n) is 2.32. The van der Waals surface area contributed by atoms with Crippen molar-refractivity contribution in [1.82, 2.24) is 0 Å². The maximum atomic E-state index is 2.16. The van der Waals surface area contributed by atoms with E-state index >= 15 is 0 Å². The molecule has 0 saturated carbocycles. The number of rotatable bonds is 2. The van der Waals surface area contributed by atoms with Crippen molar-refractivity contribution in [3.8, 4) is 0 Å². The summed E-state index contributed by atoms with van der Waals surface area (Å²) in [5, 5.41) is 0. The van der Waals surface area contributed by atoms with Crippen molar-refractivity contribution in [2.45, 2.75) is 6.42 Å². The highest BCUT2D eigenvalue weighted by Crippen LogP contribution is 2.10. The minimum absolute atomic E-state index is 0.996. The molecular formula is C15H14. The summed E-state index contributed by atoms with van der Waals surface area (Å²) in [7, 11) is 0. The summed E-state index contributed by atoms with van der Waals surface area (Å²) in [6, 6.07) is 10.5. The van der Waals surface area contributed by atoms with E-state index in [1.165, 1.54) is 11.1 Å². The van der Waals surface area contributed by atoms with Gasteiger partial charge in [-0.25, -0.2) is 0 Å². The quantitative estimate of drug-likeness (QED) is 0.671. The van der Waals surface area contributed by atoms with Crippen molar-refractivity contribution in [3.05, 3.63) is 84.0 Å². The van der Waals surface area contributed by atoms with Gasteiger partial charge in [0, 0.05) is 0 Å². The Labute approximate surface area is 91.0 Å². The molecule has 0 nitrogen and oxygen atoms in total. The molecule has 0 aromatic heterocycles. The molecule has 74 valence electrons. The third kappa shape index (κ3) is 3.10. The number of hydrogen-bond donors (Lipinski definition) is 0. The van der Waals surface area contributed by atoms with Crippen LogP contribution in [0.15, 0.2) is 78.4 Å². The Kier molecular flexibility index (Phi) is 3.34. The van der Waals surface area contributed by atoms with E-state index < -0.39 is 0 Å². The fourth-order valence-electron chi connectivity index (χ4n) is 1.56. The van der Waals surface area contributed by atoms with E-state index in [0.717, 1.165) is 6.42 Å². The summed E-state index contributed by atoms with van der Waals surface area (Å²) >= 11 is 0. The number of allylic oxidation sites excluding steroid dienone is 8. The lowest BCUT2D eigenvalue weighted by Gasteiger charge is -2.02. The average molecular weight is 194 g/mol. The van der Waals surface area contributed by atoms with Gasteiger partial charge >= 0.3 is 0 Å². The predicted octanol–water partition coefficient (Wildman–Crippen LogP) is 3.84. The molecule has 15 heavy (non-hydrogen) atoms. The van der Waals surface area contributed by atoms with E-state index in [9.17, 15) is 0 Å². The molecule has 1 aromatic rings. The lowest BCUT2D eigenvalue weighted by Crippen LogP contribution is -1.87. The first-order valence-electron chi connectivity index (χ1n) is 5.20. The molecule has 0 unspecified atom stereocenters. The Balaban J connectivity index is 2.12. The van der Waals surface area contributed by atoms with E-state index in [4.69, 9.17) is 0 Å². The number of benzene rings is 1. The van der Waals surface area contributed by atoms with Crippen molar-refractivity contribution >= 4 is 0 Å². The lowest BCUT2D eigenvalue weighted by molar-refractivity contribution is 1.20. The first-order chi connectivity index (χ1) is 7.45. The molecule has 0 N–H and O–H groups in total. The molecule has 1 aromatic carbocycles. The Hall–Kier alpha value is -1.82. The van der Waals surface area contributed by atoms with Crippen LogP contribution in [0.25, 0.3) is 0 Å².